The van der Waals surface area contributed by atoms with Gasteiger partial charge in [-0.1, -0.05) is 12.1 Å². The molecule has 0 unspecified atom stereocenters. The lowest BCUT2D eigenvalue weighted by molar-refractivity contribution is 0.0827. The molecule has 0 aliphatic carbocycles. The van der Waals surface area contributed by atoms with Gasteiger partial charge in [-0.2, -0.15) is 0 Å². The van der Waals surface area contributed by atoms with Gasteiger partial charge in [0.05, 0.1) is 0 Å². The summed E-state index contributed by atoms with van der Waals surface area (Å²) >= 11 is 0. The summed E-state index contributed by atoms with van der Waals surface area (Å²) in [5.41, 5.74) is 1.72. The highest BCUT2D eigenvalue weighted by Crippen LogP contribution is 2.06. The number of benzene rings is 1. The predicted molar refractivity (Wildman–Crippen MR) is 55.2 cm³/mol. The van der Waals surface area contributed by atoms with Crippen molar-refractivity contribution in [3.05, 3.63) is 35.4 Å². The molecule has 0 aromatic heterocycles. The summed E-state index contributed by atoms with van der Waals surface area (Å²) in [5.74, 6) is 0.000508. The Morgan fingerprint density at radius 2 is 1.86 bits per heavy atom. The highest BCUT2D eigenvalue weighted by molar-refractivity contribution is 5.93. The number of carbonyl (C=O) groups excluding carboxylic acids is 1. The lowest BCUT2D eigenvalue weighted by Crippen LogP contribution is -2.21. The number of hydrogen-bond acceptors (Lipinski definition) is 2. The minimum absolute atomic E-state index is 0.000508. The van der Waals surface area contributed by atoms with Crippen molar-refractivity contribution in [2.75, 3.05) is 20.7 Å². The molecule has 0 bridgehead atoms. The molecule has 0 fully saturated rings. The molecule has 1 amide bonds. The van der Waals surface area contributed by atoms with Gasteiger partial charge in [-0.15, -0.1) is 0 Å². The van der Waals surface area contributed by atoms with E-state index < -0.39 is 0 Å². The average Bonchev–Trinajstić information content (AvgIpc) is 2.18. The van der Waals surface area contributed by atoms with Gasteiger partial charge >= 0.3 is 0 Å². The molecule has 1 N–H and O–H groups in total. The topological polar surface area (TPSA) is 40.5 Å². The lowest BCUT2D eigenvalue weighted by atomic mass is 10.1. The third-order valence-corrected chi connectivity index (χ3v) is 2.01. The van der Waals surface area contributed by atoms with Crippen molar-refractivity contribution in [2.24, 2.45) is 0 Å². The molecule has 0 saturated heterocycles. The molecular weight excluding hydrogens is 178 g/mol. The van der Waals surface area contributed by atoms with E-state index in [4.69, 9.17) is 5.11 Å². The maximum atomic E-state index is 11.5. The Balaban J connectivity index is 2.78. The SMILES string of the molecule is CN(C)C(=O)c1ccc(CCO)cc1. The number of carbonyl (C=O) groups is 1. The molecule has 0 spiro atoms. The summed E-state index contributed by atoms with van der Waals surface area (Å²) in [7, 11) is 3.45. The van der Waals surface area contributed by atoms with Crippen LogP contribution in [0.25, 0.3) is 0 Å². The number of amides is 1. The summed E-state index contributed by atoms with van der Waals surface area (Å²) in [4.78, 5) is 13.0. The zero-order valence-corrected chi connectivity index (χ0v) is 8.53. The Morgan fingerprint density at radius 3 is 2.29 bits per heavy atom. The van der Waals surface area contributed by atoms with Crippen LogP contribution in [0.2, 0.25) is 0 Å². The van der Waals surface area contributed by atoms with Gasteiger partial charge in [0.1, 0.15) is 0 Å². The van der Waals surface area contributed by atoms with Crippen LogP contribution in [0.1, 0.15) is 15.9 Å². The first-order valence-electron chi connectivity index (χ1n) is 4.56. The molecule has 0 aliphatic heterocycles. The van der Waals surface area contributed by atoms with Gasteiger partial charge in [0, 0.05) is 26.3 Å². The van der Waals surface area contributed by atoms with Crippen LogP contribution in [0.15, 0.2) is 24.3 Å². The molecule has 0 saturated carbocycles. The van der Waals surface area contributed by atoms with E-state index in [-0.39, 0.29) is 12.5 Å². The fraction of sp³-hybridized carbons (Fsp3) is 0.364. The summed E-state index contributed by atoms with van der Waals surface area (Å²) in [6.45, 7) is 0.140. The second-order valence-corrected chi connectivity index (χ2v) is 3.37. The van der Waals surface area contributed by atoms with Crippen LogP contribution in [0.4, 0.5) is 0 Å². The minimum atomic E-state index is 0.000508. The monoisotopic (exact) mass is 193 g/mol. The molecule has 14 heavy (non-hydrogen) atoms. The van der Waals surface area contributed by atoms with Crippen LogP contribution < -0.4 is 0 Å². The van der Waals surface area contributed by atoms with Crippen molar-refractivity contribution in [3.63, 3.8) is 0 Å². The van der Waals surface area contributed by atoms with Crippen molar-refractivity contribution in [1.82, 2.24) is 4.90 Å². The Morgan fingerprint density at radius 1 is 1.29 bits per heavy atom. The second-order valence-electron chi connectivity index (χ2n) is 3.37. The van der Waals surface area contributed by atoms with Crippen molar-refractivity contribution in [1.29, 1.82) is 0 Å². The van der Waals surface area contributed by atoms with Gasteiger partial charge in [0.25, 0.3) is 5.91 Å². The van der Waals surface area contributed by atoms with Gasteiger partial charge in [-0.25, -0.2) is 0 Å². The van der Waals surface area contributed by atoms with Crippen LogP contribution in [-0.2, 0) is 6.42 Å². The van der Waals surface area contributed by atoms with E-state index in [0.29, 0.717) is 12.0 Å². The van der Waals surface area contributed by atoms with Crippen molar-refractivity contribution < 1.29 is 9.90 Å². The van der Waals surface area contributed by atoms with Crippen LogP contribution in [0, 0.1) is 0 Å². The number of aliphatic hydroxyl groups is 1. The molecule has 1 aromatic rings. The first-order valence-corrected chi connectivity index (χ1v) is 4.56. The van der Waals surface area contributed by atoms with E-state index in [1.54, 1.807) is 31.1 Å². The molecule has 0 heterocycles. The van der Waals surface area contributed by atoms with E-state index in [9.17, 15) is 4.79 Å². The molecule has 1 aromatic carbocycles. The van der Waals surface area contributed by atoms with E-state index in [2.05, 4.69) is 0 Å². The molecule has 0 aliphatic rings. The third-order valence-electron chi connectivity index (χ3n) is 2.01. The van der Waals surface area contributed by atoms with Crippen molar-refractivity contribution in [2.45, 2.75) is 6.42 Å². The predicted octanol–water partition coefficient (Wildman–Crippen LogP) is 0.923. The molecule has 1 rings (SSSR count). The maximum absolute atomic E-state index is 11.5. The summed E-state index contributed by atoms with van der Waals surface area (Å²) in [6, 6.07) is 7.31. The first kappa shape index (κ1) is 10.7. The lowest BCUT2D eigenvalue weighted by Gasteiger charge is -2.10. The zero-order valence-electron chi connectivity index (χ0n) is 8.53. The standard InChI is InChI=1S/C11H15NO2/c1-12(2)11(14)10-5-3-9(4-6-10)7-8-13/h3-6,13H,7-8H2,1-2H3. The molecule has 0 radical (unpaired) electrons. The third kappa shape index (κ3) is 2.57. The molecular formula is C11H15NO2. The smallest absolute Gasteiger partial charge is 0.253 e. The van der Waals surface area contributed by atoms with Gasteiger partial charge in [0.2, 0.25) is 0 Å². The summed E-state index contributed by atoms with van der Waals surface area (Å²) < 4.78 is 0. The highest BCUT2D eigenvalue weighted by atomic mass is 16.2. The van der Waals surface area contributed by atoms with E-state index >= 15 is 0 Å². The van der Waals surface area contributed by atoms with Crippen molar-refractivity contribution in [3.8, 4) is 0 Å². The van der Waals surface area contributed by atoms with Crippen LogP contribution in [0.5, 0.6) is 0 Å². The van der Waals surface area contributed by atoms with Crippen LogP contribution in [-0.4, -0.2) is 36.6 Å². The number of hydrogen-bond donors (Lipinski definition) is 1. The minimum Gasteiger partial charge on any atom is -0.396 e. The maximum Gasteiger partial charge on any atom is 0.253 e. The summed E-state index contributed by atoms with van der Waals surface area (Å²) in [6.07, 6.45) is 0.635. The molecule has 3 nitrogen and oxygen atoms in total. The van der Waals surface area contributed by atoms with Crippen LogP contribution >= 0.6 is 0 Å². The normalized spacial score (nSPS) is 9.93. The highest BCUT2D eigenvalue weighted by Gasteiger charge is 2.06. The Kier molecular flexibility index (Phi) is 3.65. The Bertz CT molecular complexity index is 304. The fourth-order valence-electron chi connectivity index (χ4n) is 1.20. The van der Waals surface area contributed by atoms with Gasteiger partial charge in [0.15, 0.2) is 0 Å². The second kappa shape index (κ2) is 4.77. The number of nitrogens with zero attached hydrogens (tertiary/aromatic N) is 1. The number of rotatable bonds is 3. The van der Waals surface area contributed by atoms with Crippen LogP contribution in [0.3, 0.4) is 0 Å². The Labute approximate surface area is 84.0 Å². The Hall–Kier alpha value is -1.35. The zero-order chi connectivity index (χ0) is 10.6. The van der Waals surface area contributed by atoms with E-state index in [1.165, 1.54) is 0 Å². The quantitative estimate of drug-likeness (QED) is 0.775. The first-order chi connectivity index (χ1) is 6.65. The van der Waals surface area contributed by atoms with E-state index in [0.717, 1.165) is 5.56 Å². The van der Waals surface area contributed by atoms with Gasteiger partial charge in [-0.3, -0.25) is 4.79 Å². The average molecular weight is 193 g/mol. The van der Waals surface area contributed by atoms with Gasteiger partial charge in [-0.05, 0) is 24.1 Å². The van der Waals surface area contributed by atoms with Gasteiger partial charge < -0.3 is 10.0 Å². The molecule has 3 heteroatoms. The molecule has 76 valence electrons. The molecule has 0 atom stereocenters. The van der Waals surface area contributed by atoms with E-state index in [1.807, 2.05) is 12.1 Å². The number of aliphatic hydroxyl groups excluding tert-OH is 1. The fourth-order valence-corrected chi connectivity index (χ4v) is 1.20. The summed E-state index contributed by atoms with van der Waals surface area (Å²) in [5, 5.41) is 8.71. The largest absolute Gasteiger partial charge is 0.396 e. The van der Waals surface area contributed by atoms with Crippen molar-refractivity contribution >= 4 is 5.91 Å².